The minimum absolute atomic E-state index is 0.0316. The van der Waals surface area contributed by atoms with E-state index in [0.29, 0.717) is 11.8 Å². The van der Waals surface area contributed by atoms with Crippen molar-refractivity contribution in [2.24, 2.45) is 0 Å². The lowest BCUT2D eigenvalue weighted by atomic mass is 10.2. The Morgan fingerprint density at radius 2 is 2.33 bits per heavy atom. The van der Waals surface area contributed by atoms with Crippen molar-refractivity contribution in [3.8, 4) is 0 Å². The predicted molar refractivity (Wildman–Crippen MR) is 86.7 cm³/mol. The number of nitrogens with one attached hydrogen (secondary N) is 1. The van der Waals surface area contributed by atoms with Crippen LogP contribution in [-0.2, 0) is 6.54 Å². The number of rotatable bonds is 3. The van der Waals surface area contributed by atoms with Crippen LogP contribution < -0.4 is 5.32 Å². The highest BCUT2D eigenvalue weighted by Gasteiger charge is 2.23. The minimum atomic E-state index is 0.0316. The van der Waals surface area contributed by atoms with Crippen molar-refractivity contribution in [2.45, 2.75) is 18.2 Å². The van der Waals surface area contributed by atoms with Gasteiger partial charge in [0.2, 0.25) is 0 Å². The summed E-state index contributed by atoms with van der Waals surface area (Å²) in [5.74, 6) is 1.96. The van der Waals surface area contributed by atoms with E-state index in [4.69, 9.17) is 4.42 Å². The summed E-state index contributed by atoms with van der Waals surface area (Å²) in [6.07, 6.45) is 2.65. The summed E-state index contributed by atoms with van der Waals surface area (Å²) in [6, 6.07) is 8.01. The molecule has 0 aliphatic carbocycles. The monoisotopic (exact) mass is 322 g/mol. The summed E-state index contributed by atoms with van der Waals surface area (Å²) >= 11 is 3.53. The average molecular weight is 322 g/mol. The minimum Gasteiger partial charge on any atom is -0.468 e. The number of hydrogen-bond acceptors (Lipinski definition) is 4. The Morgan fingerprint density at radius 3 is 3.10 bits per heavy atom. The van der Waals surface area contributed by atoms with E-state index in [1.165, 1.54) is 4.88 Å². The second-order valence-corrected chi connectivity index (χ2v) is 7.23. The summed E-state index contributed by atoms with van der Waals surface area (Å²) in [7, 11) is 0. The van der Waals surface area contributed by atoms with Crippen LogP contribution in [0.2, 0.25) is 0 Å². The van der Waals surface area contributed by atoms with E-state index in [1.54, 1.807) is 17.6 Å². The van der Waals surface area contributed by atoms with E-state index >= 15 is 0 Å². The van der Waals surface area contributed by atoms with Gasteiger partial charge in [0.15, 0.2) is 0 Å². The Morgan fingerprint density at radius 1 is 1.38 bits per heavy atom. The van der Waals surface area contributed by atoms with Crippen LogP contribution in [0, 0.1) is 0 Å². The third kappa shape index (κ3) is 3.83. The van der Waals surface area contributed by atoms with Gasteiger partial charge in [-0.05, 0) is 30.0 Å². The van der Waals surface area contributed by atoms with Gasteiger partial charge in [-0.1, -0.05) is 6.07 Å². The molecular weight excluding hydrogens is 304 g/mol. The highest BCUT2D eigenvalue weighted by molar-refractivity contribution is 7.99. The molecule has 3 heterocycles. The van der Waals surface area contributed by atoms with E-state index in [2.05, 4.69) is 5.32 Å². The Kier molecular flexibility index (Phi) is 4.87. The fourth-order valence-corrected chi connectivity index (χ4v) is 4.19. The van der Waals surface area contributed by atoms with Gasteiger partial charge >= 0.3 is 6.03 Å². The van der Waals surface area contributed by atoms with Crippen molar-refractivity contribution >= 4 is 29.1 Å². The lowest BCUT2D eigenvalue weighted by Crippen LogP contribution is -2.40. The molecule has 1 aliphatic rings. The van der Waals surface area contributed by atoms with Crippen LogP contribution in [0.25, 0.3) is 0 Å². The largest absolute Gasteiger partial charge is 0.468 e. The number of nitrogens with zero attached hydrogens (tertiary/aromatic N) is 1. The fourth-order valence-electron chi connectivity index (χ4n) is 2.36. The first-order chi connectivity index (χ1) is 10.3. The molecule has 6 heteroatoms. The van der Waals surface area contributed by atoms with Crippen molar-refractivity contribution in [3.63, 3.8) is 0 Å². The summed E-state index contributed by atoms with van der Waals surface area (Å²) in [6.45, 7) is 2.18. The smallest absolute Gasteiger partial charge is 0.317 e. The van der Waals surface area contributed by atoms with Gasteiger partial charge in [0.1, 0.15) is 5.76 Å². The zero-order valence-corrected chi connectivity index (χ0v) is 13.3. The van der Waals surface area contributed by atoms with Crippen LogP contribution in [0.1, 0.15) is 22.3 Å². The molecular formula is C15H18N2O2S2. The maximum Gasteiger partial charge on any atom is 0.317 e. The topological polar surface area (TPSA) is 45.5 Å². The molecule has 1 N–H and O–H groups in total. The van der Waals surface area contributed by atoms with Gasteiger partial charge in [-0.15, -0.1) is 23.1 Å². The first kappa shape index (κ1) is 14.5. The third-order valence-corrected chi connectivity index (χ3v) is 5.65. The zero-order valence-electron chi connectivity index (χ0n) is 11.7. The third-order valence-electron chi connectivity index (χ3n) is 3.48. The quantitative estimate of drug-likeness (QED) is 0.936. The molecule has 0 unspecified atom stereocenters. The van der Waals surface area contributed by atoms with E-state index in [1.807, 2.05) is 46.3 Å². The molecule has 2 aromatic heterocycles. The second-order valence-electron chi connectivity index (χ2n) is 4.89. The number of carbonyl (C=O) groups excluding carboxylic acids is 1. The van der Waals surface area contributed by atoms with Crippen molar-refractivity contribution in [3.05, 3.63) is 46.5 Å². The van der Waals surface area contributed by atoms with Crippen LogP contribution in [0.5, 0.6) is 0 Å². The summed E-state index contributed by atoms with van der Waals surface area (Å²) in [4.78, 5) is 15.3. The number of thioether (sulfide) groups is 1. The molecule has 0 bridgehead atoms. The number of urea groups is 1. The standard InChI is InChI=1S/C15H18N2O2S2/c18-15(16-11-12-3-2-9-20-12)17-6-5-14(21-10-7-17)13-4-1-8-19-13/h1-4,8-9,14H,5-7,10-11H2,(H,16,18)/t14-/m1/s1. The number of carbonyl (C=O) groups is 1. The normalized spacial score (nSPS) is 19.2. The predicted octanol–water partition coefficient (Wildman–Crippen LogP) is 3.73. The van der Waals surface area contributed by atoms with Crippen LogP contribution >= 0.6 is 23.1 Å². The molecule has 1 atom stereocenters. The summed E-state index contributed by atoms with van der Waals surface area (Å²) in [5.41, 5.74) is 0. The van der Waals surface area contributed by atoms with E-state index in [-0.39, 0.29) is 6.03 Å². The maximum absolute atomic E-state index is 12.2. The van der Waals surface area contributed by atoms with Gasteiger partial charge in [-0.25, -0.2) is 4.79 Å². The molecule has 1 fully saturated rings. The molecule has 3 rings (SSSR count). The molecule has 21 heavy (non-hydrogen) atoms. The Bertz CT molecular complexity index is 554. The lowest BCUT2D eigenvalue weighted by Gasteiger charge is -2.20. The molecule has 0 saturated carbocycles. The average Bonchev–Trinajstić information content (AvgIpc) is 3.15. The van der Waals surface area contributed by atoms with Crippen LogP contribution in [0.4, 0.5) is 4.79 Å². The molecule has 0 aromatic carbocycles. The van der Waals surface area contributed by atoms with E-state index in [0.717, 1.165) is 31.0 Å². The SMILES string of the molecule is O=C(NCc1cccs1)N1CCS[C@@H](c2ccco2)CC1. The van der Waals surface area contributed by atoms with Crippen LogP contribution in [0.3, 0.4) is 0 Å². The van der Waals surface area contributed by atoms with Crippen LogP contribution in [-0.4, -0.2) is 29.8 Å². The molecule has 2 amide bonds. The number of amides is 2. The molecule has 112 valence electrons. The fraction of sp³-hybridized carbons (Fsp3) is 0.400. The second kappa shape index (κ2) is 7.04. The first-order valence-corrected chi connectivity index (χ1v) is 8.96. The van der Waals surface area contributed by atoms with Gasteiger partial charge in [0.05, 0.1) is 18.1 Å². The Balaban J connectivity index is 1.51. The first-order valence-electron chi connectivity index (χ1n) is 7.03. The molecule has 2 aromatic rings. The Hall–Kier alpha value is -1.40. The van der Waals surface area contributed by atoms with Gasteiger partial charge in [-0.2, -0.15) is 0 Å². The van der Waals surface area contributed by atoms with Crippen molar-refractivity contribution in [2.75, 3.05) is 18.8 Å². The highest BCUT2D eigenvalue weighted by Crippen LogP contribution is 2.34. The molecule has 0 spiro atoms. The lowest BCUT2D eigenvalue weighted by molar-refractivity contribution is 0.200. The van der Waals surface area contributed by atoms with Crippen molar-refractivity contribution in [1.29, 1.82) is 0 Å². The van der Waals surface area contributed by atoms with E-state index in [9.17, 15) is 4.79 Å². The van der Waals surface area contributed by atoms with Gasteiger partial charge < -0.3 is 14.6 Å². The van der Waals surface area contributed by atoms with E-state index < -0.39 is 0 Å². The van der Waals surface area contributed by atoms with Crippen molar-refractivity contribution in [1.82, 2.24) is 10.2 Å². The molecule has 1 saturated heterocycles. The molecule has 1 aliphatic heterocycles. The van der Waals surface area contributed by atoms with Gasteiger partial charge in [0.25, 0.3) is 0 Å². The number of thiophene rings is 1. The molecule has 0 radical (unpaired) electrons. The van der Waals surface area contributed by atoms with Gasteiger partial charge in [0, 0.05) is 23.7 Å². The maximum atomic E-state index is 12.2. The van der Waals surface area contributed by atoms with Crippen molar-refractivity contribution < 1.29 is 9.21 Å². The number of hydrogen-bond donors (Lipinski definition) is 1. The number of furan rings is 1. The highest BCUT2D eigenvalue weighted by atomic mass is 32.2. The van der Waals surface area contributed by atoms with Gasteiger partial charge in [-0.3, -0.25) is 0 Å². The molecule has 4 nitrogen and oxygen atoms in total. The Labute approximate surface area is 132 Å². The summed E-state index contributed by atoms with van der Waals surface area (Å²) in [5, 5.41) is 5.38. The van der Waals surface area contributed by atoms with Crippen LogP contribution in [0.15, 0.2) is 40.3 Å². The summed E-state index contributed by atoms with van der Waals surface area (Å²) < 4.78 is 5.48. The zero-order chi connectivity index (χ0) is 14.5.